The van der Waals surface area contributed by atoms with E-state index < -0.39 is 21.8 Å². The van der Waals surface area contributed by atoms with Crippen molar-refractivity contribution >= 4 is 27.3 Å². The van der Waals surface area contributed by atoms with E-state index in [2.05, 4.69) is 10.0 Å². The summed E-state index contributed by atoms with van der Waals surface area (Å²) < 4.78 is 76.8. The van der Waals surface area contributed by atoms with Gasteiger partial charge in [0.2, 0.25) is 5.91 Å². The molecular weight excluding hydrogens is 449 g/mol. The van der Waals surface area contributed by atoms with Gasteiger partial charge in [-0.15, -0.1) is 0 Å². The van der Waals surface area contributed by atoms with E-state index in [1.54, 1.807) is 0 Å². The molecule has 1 amide bonds. The molecular formula is C21H23F3N2O5S. The zero-order chi connectivity index (χ0) is 23.4. The molecule has 1 aliphatic rings. The third kappa shape index (κ3) is 6.13. The molecule has 0 unspecified atom stereocenters. The van der Waals surface area contributed by atoms with Crippen molar-refractivity contribution in [3.63, 3.8) is 0 Å². The van der Waals surface area contributed by atoms with Crippen LogP contribution in [-0.2, 0) is 25.7 Å². The van der Waals surface area contributed by atoms with E-state index in [0.717, 1.165) is 25.0 Å². The summed E-state index contributed by atoms with van der Waals surface area (Å²) in [6.45, 7) is 1.24. The Bertz CT molecular complexity index is 1070. The summed E-state index contributed by atoms with van der Waals surface area (Å²) in [4.78, 5) is 12.0. The number of carbonyl (C=O) groups is 1. The molecule has 3 rings (SSSR count). The summed E-state index contributed by atoms with van der Waals surface area (Å²) in [5.74, 6) is -0.0491. The van der Waals surface area contributed by atoms with Crippen LogP contribution < -0.4 is 14.8 Å². The molecule has 0 aromatic heterocycles. The first-order valence-electron chi connectivity index (χ1n) is 9.84. The Labute approximate surface area is 184 Å². The number of amides is 1. The number of hydrogen-bond acceptors (Lipinski definition) is 5. The smallest absolute Gasteiger partial charge is 0.416 e. The summed E-state index contributed by atoms with van der Waals surface area (Å²) in [7, 11) is -3.00. The molecule has 7 nitrogen and oxygen atoms in total. The third-order valence-electron chi connectivity index (χ3n) is 4.99. The fraction of sp³-hybridized carbons (Fsp3) is 0.381. The zero-order valence-corrected chi connectivity index (χ0v) is 18.1. The summed E-state index contributed by atoms with van der Waals surface area (Å²) >= 11 is 0. The van der Waals surface area contributed by atoms with Gasteiger partial charge in [0.05, 0.1) is 12.7 Å². The third-order valence-corrected chi connectivity index (χ3v) is 6.41. The molecule has 0 bridgehead atoms. The maximum absolute atomic E-state index is 12.9. The number of methoxy groups -OCH3 is 1. The van der Waals surface area contributed by atoms with Gasteiger partial charge in [-0.1, -0.05) is 6.07 Å². The quantitative estimate of drug-likeness (QED) is 0.628. The molecule has 2 aromatic carbocycles. The van der Waals surface area contributed by atoms with Crippen LogP contribution in [0, 0.1) is 5.92 Å². The van der Waals surface area contributed by atoms with Crippen molar-refractivity contribution in [2.45, 2.75) is 30.3 Å². The first-order chi connectivity index (χ1) is 15.1. The molecule has 1 heterocycles. The Morgan fingerprint density at radius 3 is 2.50 bits per heavy atom. The van der Waals surface area contributed by atoms with Crippen molar-refractivity contribution < 1.29 is 35.9 Å². The number of sulfonamides is 1. The molecule has 0 saturated carbocycles. The highest BCUT2D eigenvalue weighted by Gasteiger charge is 2.31. The van der Waals surface area contributed by atoms with Gasteiger partial charge in [0.25, 0.3) is 10.0 Å². The van der Waals surface area contributed by atoms with E-state index in [1.165, 1.54) is 31.4 Å². The van der Waals surface area contributed by atoms with Crippen LogP contribution in [0.3, 0.4) is 0 Å². The number of ether oxygens (including phenoxy) is 2. The van der Waals surface area contributed by atoms with Gasteiger partial charge in [-0.2, -0.15) is 13.2 Å². The van der Waals surface area contributed by atoms with Gasteiger partial charge in [0, 0.05) is 37.1 Å². The molecule has 1 aliphatic heterocycles. The lowest BCUT2D eigenvalue weighted by atomic mass is 9.96. The highest BCUT2D eigenvalue weighted by molar-refractivity contribution is 7.92. The summed E-state index contributed by atoms with van der Waals surface area (Å²) in [5.41, 5.74) is -0.875. The van der Waals surface area contributed by atoms with Crippen molar-refractivity contribution in [2.24, 2.45) is 5.92 Å². The zero-order valence-electron chi connectivity index (χ0n) is 17.2. The number of anilines is 2. The minimum Gasteiger partial charge on any atom is -0.495 e. The first kappa shape index (κ1) is 23.9. The van der Waals surface area contributed by atoms with Crippen LogP contribution in [0.25, 0.3) is 0 Å². The molecule has 2 aromatic rings. The van der Waals surface area contributed by atoms with Gasteiger partial charge in [-0.05, 0) is 49.1 Å². The molecule has 0 atom stereocenters. The second-order valence-corrected chi connectivity index (χ2v) is 9.01. The number of benzene rings is 2. The van der Waals surface area contributed by atoms with Crippen LogP contribution in [0.2, 0.25) is 0 Å². The average molecular weight is 472 g/mol. The lowest BCUT2D eigenvalue weighted by Crippen LogP contribution is -2.22. The Morgan fingerprint density at radius 1 is 1.12 bits per heavy atom. The van der Waals surface area contributed by atoms with E-state index in [1.807, 2.05) is 0 Å². The van der Waals surface area contributed by atoms with E-state index in [-0.39, 0.29) is 28.2 Å². The van der Waals surface area contributed by atoms with Crippen LogP contribution in [0.1, 0.15) is 24.8 Å². The fourth-order valence-electron chi connectivity index (χ4n) is 3.36. The lowest BCUT2D eigenvalue weighted by molar-refractivity contribution is -0.137. The van der Waals surface area contributed by atoms with Gasteiger partial charge in [0.1, 0.15) is 10.6 Å². The SMILES string of the molecule is COc1cc(NC(=O)CC2CCOCC2)ccc1S(=O)(=O)Nc1cccc(C(F)(F)F)c1. The topological polar surface area (TPSA) is 93.7 Å². The van der Waals surface area contributed by atoms with Gasteiger partial charge in [0.15, 0.2) is 0 Å². The van der Waals surface area contributed by atoms with E-state index in [0.29, 0.717) is 31.4 Å². The number of rotatable bonds is 7. The number of halogens is 3. The van der Waals surface area contributed by atoms with Crippen LogP contribution >= 0.6 is 0 Å². The standard InChI is InChI=1S/C21H23F3N2O5S/c1-30-18-13-16(25-20(27)11-14-7-9-31-10-8-14)5-6-19(18)32(28,29)26-17-4-2-3-15(12-17)21(22,23)24/h2-6,12-14,26H,7-11H2,1H3,(H,25,27). The largest absolute Gasteiger partial charge is 0.495 e. The highest BCUT2D eigenvalue weighted by atomic mass is 32.2. The van der Waals surface area contributed by atoms with Crippen molar-refractivity contribution in [2.75, 3.05) is 30.4 Å². The molecule has 0 aliphatic carbocycles. The molecule has 0 spiro atoms. The number of hydrogen-bond donors (Lipinski definition) is 2. The van der Waals surface area contributed by atoms with E-state index in [4.69, 9.17) is 9.47 Å². The first-order valence-corrected chi connectivity index (χ1v) is 11.3. The fourth-order valence-corrected chi connectivity index (χ4v) is 4.56. The lowest BCUT2D eigenvalue weighted by Gasteiger charge is -2.21. The van der Waals surface area contributed by atoms with Crippen molar-refractivity contribution in [1.29, 1.82) is 0 Å². The monoisotopic (exact) mass is 472 g/mol. The summed E-state index contributed by atoms with van der Waals surface area (Å²) in [6.07, 6.45) is -2.68. The minimum atomic E-state index is -4.61. The Balaban J connectivity index is 1.75. The molecule has 32 heavy (non-hydrogen) atoms. The van der Waals surface area contributed by atoms with Crippen molar-refractivity contribution in [3.05, 3.63) is 48.0 Å². The minimum absolute atomic E-state index is 0.0617. The second-order valence-electron chi connectivity index (χ2n) is 7.36. The van der Waals surface area contributed by atoms with Crippen LogP contribution in [0.4, 0.5) is 24.5 Å². The van der Waals surface area contributed by atoms with Crippen molar-refractivity contribution in [1.82, 2.24) is 0 Å². The Kier molecular flexibility index (Phi) is 7.29. The maximum Gasteiger partial charge on any atom is 0.416 e. The van der Waals surface area contributed by atoms with Gasteiger partial charge >= 0.3 is 6.18 Å². The Hall–Kier alpha value is -2.79. The predicted molar refractivity (Wildman–Crippen MR) is 112 cm³/mol. The van der Waals surface area contributed by atoms with Crippen LogP contribution in [-0.4, -0.2) is 34.6 Å². The van der Waals surface area contributed by atoms with E-state index in [9.17, 15) is 26.4 Å². The average Bonchev–Trinajstić information content (AvgIpc) is 2.73. The summed E-state index contributed by atoms with van der Waals surface area (Å²) in [5, 5.41) is 2.72. The van der Waals surface area contributed by atoms with Gasteiger partial charge in [-0.3, -0.25) is 9.52 Å². The van der Waals surface area contributed by atoms with E-state index >= 15 is 0 Å². The van der Waals surface area contributed by atoms with Crippen LogP contribution in [0.5, 0.6) is 5.75 Å². The predicted octanol–water partition coefficient (Wildman–Crippen LogP) is 4.27. The number of nitrogens with one attached hydrogen (secondary N) is 2. The van der Waals surface area contributed by atoms with Gasteiger partial charge < -0.3 is 14.8 Å². The summed E-state index contributed by atoms with van der Waals surface area (Å²) in [6, 6.07) is 7.83. The molecule has 174 valence electrons. The molecule has 0 radical (unpaired) electrons. The highest BCUT2D eigenvalue weighted by Crippen LogP contribution is 2.33. The van der Waals surface area contributed by atoms with Crippen LogP contribution in [0.15, 0.2) is 47.4 Å². The number of carbonyl (C=O) groups excluding carboxylic acids is 1. The Morgan fingerprint density at radius 2 is 1.84 bits per heavy atom. The van der Waals surface area contributed by atoms with Crippen molar-refractivity contribution in [3.8, 4) is 5.75 Å². The van der Waals surface area contributed by atoms with Gasteiger partial charge in [-0.25, -0.2) is 8.42 Å². The second kappa shape index (κ2) is 9.78. The molecule has 1 fully saturated rings. The molecule has 11 heteroatoms. The number of alkyl halides is 3. The maximum atomic E-state index is 12.9. The molecule has 1 saturated heterocycles. The molecule has 2 N–H and O–H groups in total. The normalized spacial score (nSPS) is 15.2.